The van der Waals surface area contributed by atoms with E-state index in [1.54, 1.807) is 29.2 Å². The number of hydrogen-bond donors (Lipinski definition) is 2. The van der Waals surface area contributed by atoms with Gasteiger partial charge in [0.1, 0.15) is 6.04 Å². The maximum atomic E-state index is 13.1. The van der Waals surface area contributed by atoms with Crippen molar-refractivity contribution in [2.45, 2.75) is 24.9 Å². The Hall–Kier alpha value is -2.66. The number of hydrogen-bond acceptors (Lipinski definition) is 3. The number of nitrogens with two attached hydrogens (primary N) is 1. The molecule has 2 aromatic rings. The minimum Gasteiger partial charge on any atom is -0.339 e. The highest BCUT2D eigenvalue weighted by Gasteiger charge is 2.30. The van der Waals surface area contributed by atoms with Gasteiger partial charge in [-0.1, -0.05) is 48.5 Å². The van der Waals surface area contributed by atoms with Crippen molar-refractivity contribution in [3.8, 4) is 0 Å². The van der Waals surface area contributed by atoms with Gasteiger partial charge in [-0.2, -0.15) is 0 Å². The third-order valence-corrected chi connectivity index (χ3v) is 4.46. The lowest BCUT2D eigenvalue weighted by atomic mass is 10.0. The van der Waals surface area contributed by atoms with E-state index in [0.29, 0.717) is 18.7 Å². The summed E-state index contributed by atoms with van der Waals surface area (Å²) in [5.74, 6) is -0.366. The monoisotopic (exact) mass is 337 g/mol. The van der Waals surface area contributed by atoms with Crippen LogP contribution in [0.25, 0.3) is 0 Å². The molecule has 1 fully saturated rings. The van der Waals surface area contributed by atoms with Crippen molar-refractivity contribution in [1.82, 2.24) is 10.2 Å². The first-order valence-electron chi connectivity index (χ1n) is 8.60. The molecule has 1 aliphatic rings. The molecule has 0 radical (unpaired) electrons. The fourth-order valence-electron chi connectivity index (χ4n) is 3.13. The van der Waals surface area contributed by atoms with Crippen LogP contribution in [0.3, 0.4) is 0 Å². The molecule has 1 aliphatic heterocycles. The van der Waals surface area contributed by atoms with Crippen molar-refractivity contribution >= 4 is 11.8 Å². The standard InChI is InChI=1S/C20H23N3O2/c21-17-12-7-13-23(14-17)20(25)18(15-8-3-1-4-9-15)22-19(24)16-10-5-2-6-11-16/h1-6,8-11,17-18H,7,12-14,21H2,(H,22,24). The van der Waals surface area contributed by atoms with Crippen LogP contribution < -0.4 is 11.1 Å². The van der Waals surface area contributed by atoms with Crippen molar-refractivity contribution in [3.05, 3.63) is 71.8 Å². The molecule has 1 saturated heterocycles. The van der Waals surface area contributed by atoms with E-state index in [-0.39, 0.29) is 17.9 Å². The molecule has 2 aromatic carbocycles. The van der Waals surface area contributed by atoms with E-state index in [0.717, 1.165) is 18.4 Å². The molecule has 0 aromatic heterocycles. The second-order valence-corrected chi connectivity index (χ2v) is 6.37. The van der Waals surface area contributed by atoms with E-state index in [4.69, 9.17) is 5.73 Å². The van der Waals surface area contributed by atoms with E-state index < -0.39 is 6.04 Å². The van der Waals surface area contributed by atoms with Crippen molar-refractivity contribution in [2.75, 3.05) is 13.1 Å². The average Bonchev–Trinajstić information content (AvgIpc) is 2.67. The van der Waals surface area contributed by atoms with E-state index >= 15 is 0 Å². The maximum Gasteiger partial charge on any atom is 0.252 e. The van der Waals surface area contributed by atoms with Crippen LogP contribution in [0.2, 0.25) is 0 Å². The largest absolute Gasteiger partial charge is 0.339 e. The Bertz CT molecular complexity index is 718. The Labute approximate surface area is 147 Å². The zero-order chi connectivity index (χ0) is 17.6. The predicted molar refractivity (Wildman–Crippen MR) is 96.9 cm³/mol. The number of piperidine rings is 1. The number of nitrogens with one attached hydrogen (secondary N) is 1. The molecule has 0 bridgehead atoms. The Kier molecular flexibility index (Phi) is 5.46. The van der Waals surface area contributed by atoms with Crippen molar-refractivity contribution in [2.24, 2.45) is 5.73 Å². The van der Waals surface area contributed by atoms with Crippen LogP contribution in [0.5, 0.6) is 0 Å². The smallest absolute Gasteiger partial charge is 0.252 e. The van der Waals surface area contributed by atoms with Crippen LogP contribution in [0.1, 0.15) is 34.8 Å². The molecule has 0 saturated carbocycles. The normalized spacial score (nSPS) is 18.4. The highest BCUT2D eigenvalue weighted by molar-refractivity contribution is 5.97. The fourth-order valence-corrected chi connectivity index (χ4v) is 3.13. The van der Waals surface area contributed by atoms with Gasteiger partial charge in [-0.05, 0) is 30.5 Å². The summed E-state index contributed by atoms with van der Waals surface area (Å²) in [4.78, 5) is 27.4. The number of likely N-dealkylation sites (tertiary alicyclic amines) is 1. The number of nitrogens with zero attached hydrogens (tertiary/aromatic N) is 1. The number of carbonyl (C=O) groups is 2. The van der Waals surface area contributed by atoms with Crippen molar-refractivity contribution < 1.29 is 9.59 Å². The summed E-state index contributed by atoms with van der Waals surface area (Å²) >= 11 is 0. The lowest BCUT2D eigenvalue weighted by molar-refractivity contribution is -0.134. The van der Waals surface area contributed by atoms with Gasteiger partial charge in [0.25, 0.3) is 5.91 Å². The van der Waals surface area contributed by atoms with Gasteiger partial charge in [-0.3, -0.25) is 9.59 Å². The summed E-state index contributed by atoms with van der Waals surface area (Å²) < 4.78 is 0. The van der Waals surface area contributed by atoms with Gasteiger partial charge in [0.15, 0.2) is 0 Å². The van der Waals surface area contributed by atoms with Gasteiger partial charge in [0.05, 0.1) is 0 Å². The zero-order valence-corrected chi connectivity index (χ0v) is 14.1. The molecule has 3 rings (SSSR count). The van der Waals surface area contributed by atoms with E-state index in [1.165, 1.54) is 0 Å². The number of carbonyl (C=O) groups excluding carboxylic acids is 2. The van der Waals surface area contributed by atoms with E-state index in [9.17, 15) is 9.59 Å². The fraction of sp³-hybridized carbons (Fsp3) is 0.300. The average molecular weight is 337 g/mol. The van der Waals surface area contributed by atoms with Crippen molar-refractivity contribution in [3.63, 3.8) is 0 Å². The number of benzene rings is 2. The van der Waals surface area contributed by atoms with Gasteiger partial charge in [-0.25, -0.2) is 0 Å². The quantitative estimate of drug-likeness (QED) is 0.897. The third kappa shape index (κ3) is 4.25. The van der Waals surface area contributed by atoms with Crippen LogP contribution >= 0.6 is 0 Å². The van der Waals surface area contributed by atoms with Crippen LogP contribution in [-0.2, 0) is 4.79 Å². The topological polar surface area (TPSA) is 75.4 Å². The highest BCUT2D eigenvalue weighted by atomic mass is 16.2. The zero-order valence-electron chi connectivity index (χ0n) is 14.1. The summed E-state index contributed by atoms with van der Waals surface area (Å²) in [7, 11) is 0. The molecule has 2 amide bonds. The second kappa shape index (κ2) is 7.94. The molecule has 2 unspecified atom stereocenters. The molecule has 1 heterocycles. The molecule has 0 aliphatic carbocycles. The Morgan fingerprint density at radius 1 is 1.04 bits per heavy atom. The molecule has 25 heavy (non-hydrogen) atoms. The SMILES string of the molecule is NC1CCCN(C(=O)C(NC(=O)c2ccccc2)c2ccccc2)C1. The molecule has 130 valence electrons. The van der Waals surface area contributed by atoms with Gasteiger partial charge in [0, 0.05) is 24.7 Å². The molecular weight excluding hydrogens is 314 g/mol. The summed E-state index contributed by atoms with van der Waals surface area (Å²) in [6.07, 6.45) is 1.82. The molecule has 2 atom stereocenters. The first kappa shape index (κ1) is 17.2. The van der Waals surface area contributed by atoms with Crippen LogP contribution in [0.4, 0.5) is 0 Å². The summed E-state index contributed by atoms with van der Waals surface area (Å²) in [6, 6.07) is 17.6. The second-order valence-electron chi connectivity index (χ2n) is 6.37. The lowest BCUT2D eigenvalue weighted by Crippen LogP contribution is -2.50. The third-order valence-electron chi connectivity index (χ3n) is 4.46. The first-order chi connectivity index (χ1) is 12.1. The van der Waals surface area contributed by atoms with E-state index in [2.05, 4.69) is 5.32 Å². The van der Waals surface area contributed by atoms with Crippen LogP contribution in [0, 0.1) is 0 Å². The highest BCUT2D eigenvalue weighted by Crippen LogP contribution is 2.19. The molecule has 3 N–H and O–H groups in total. The van der Waals surface area contributed by atoms with Gasteiger partial charge < -0.3 is 16.0 Å². The van der Waals surface area contributed by atoms with Gasteiger partial charge >= 0.3 is 0 Å². The summed E-state index contributed by atoms with van der Waals surface area (Å²) in [6.45, 7) is 1.21. The van der Waals surface area contributed by atoms with Gasteiger partial charge in [-0.15, -0.1) is 0 Å². The minimum absolute atomic E-state index is 0.000974. The molecule has 5 heteroatoms. The van der Waals surface area contributed by atoms with Crippen LogP contribution in [-0.4, -0.2) is 35.8 Å². The van der Waals surface area contributed by atoms with Gasteiger partial charge in [0.2, 0.25) is 5.91 Å². The van der Waals surface area contributed by atoms with E-state index in [1.807, 2.05) is 36.4 Å². The predicted octanol–water partition coefficient (Wildman–Crippen LogP) is 2.11. The molecule has 0 spiro atoms. The maximum absolute atomic E-state index is 13.1. The summed E-state index contributed by atoms with van der Waals surface area (Å²) in [5, 5.41) is 2.89. The Morgan fingerprint density at radius 3 is 2.32 bits per heavy atom. The lowest BCUT2D eigenvalue weighted by Gasteiger charge is -2.33. The minimum atomic E-state index is -0.709. The first-order valence-corrected chi connectivity index (χ1v) is 8.60. The number of amides is 2. The molecule has 5 nitrogen and oxygen atoms in total. The van der Waals surface area contributed by atoms with Crippen LogP contribution in [0.15, 0.2) is 60.7 Å². The summed E-state index contributed by atoms with van der Waals surface area (Å²) in [5.41, 5.74) is 7.32. The van der Waals surface area contributed by atoms with Crippen molar-refractivity contribution in [1.29, 1.82) is 0 Å². The number of rotatable bonds is 4. The Balaban J connectivity index is 1.83. The Morgan fingerprint density at radius 2 is 1.68 bits per heavy atom. The molecular formula is C20H23N3O2.